The molecule has 0 aliphatic carbocycles. The second-order valence-electron chi connectivity index (χ2n) is 3.01. The fourth-order valence-corrected chi connectivity index (χ4v) is 0.905. The van der Waals surface area contributed by atoms with Crippen LogP contribution in [-0.2, 0) is 4.79 Å². The predicted molar refractivity (Wildman–Crippen MR) is 60.8 cm³/mol. The Bertz CT molecular complexity index is 249. The fourth-order valence-electron chi connectivity index (χ4n) is 0.905. The maximum Gasteiger partial charge on any atom is 0.248 e. The molecule has 2 nitrogen and oxygen atoms in total. The third-order valence-electron chi connectivity index (χ3n) is 1.68. The molecule has 0 radical (unpaired) electrons. The van der Waals surface area contributed by atoms with Gasteiger partial charge in [-0.2, -0.15) is 0 Å². The number of nitrogens with two attached hydrogens (primary N) is 1. The Hall–Kier alpha value is -1.31. The molecule has 14 heavy (non-hydrogen) atoms. The summed E-state index contributed by atoms with van der Waals surface area (Å²) in [7, 11) is 0. The number of amides is 1. The van der Waals surface area contributed by atoms with E-state index in [0.29, 0.717) is 5.57 Å². The molecule has 0 aliphatic rings. The third-order valence-corrected chi connectivity index (χ3v) is 1.68. The quantitative estimate of drug-likeness (QED) is 0.511. The number of unbranched alkanes of at least 4 members (excludes halogenated alkanes) is 1. The van der Waals surface area contributed by atoms with E-state index in [1.54, 1.807) is 12.2 Å². The molecule has 78 valence electrons. The lowest BCUT2D eigenvalue weighted by atomic mass is 10.2. The van der Waals surface area contributed by atoms with Crippen LogP contribution < -0.4 is 5.73 Å². The van der Waals surface area contributed by atoms with E-state index in [2.05, 4.69) is 6.92 Å². The molecular weight excluding hydrogens is 174 g/mol. The van der Waals surface area contributed by atoms with Crippen LogP contribution in [0.4, 0.5) is 0 Å². The minimum absolute atomic E-state index is 0.377. The maximum absolute atomic E-state index is 11.0. The molecule has 2 N–H and O–H groups in total. The van der Waals surface area contributed by atoms with E-state index in [0.717, 1.165) is 19.3 Å². The molecule has 0 aromatic rings. The lowest BCUT2D eigenvalue weighted by molar-refractivity contribution is -0.114. The fraction of sp³-hybridized carbons (Fsp3) is 0.417. The van der Waals surface area contributed by atoms with Crippen LogP contribution in [0, 0.1) is 0 Å². The summed E-state index contributed by atoms with van der Waals surface area (Å²) >= 11 is 0. The Kier molecular flexibility index (Phi) is 7.52. The van der Waals surface area contributed by atoms with Crippen molar-refractivity contribution in [2.45, 2.75) is 33.1 Å². The van der Waals surface area contributed by atoms with Gasteiger partial charge in [0.2, 0.25) is 5.91 Å². The Morgan fingerprint density at radius 2 is 2.00 bits per heavy atom. The van der Waals surface area contributed by atoms with Crippen molar-refractivity contribution in [3.05, 3.63) is 36.0 Å². The number of allylic oxidation sites excluding steroid dienone is 4. The van der Waals surface area contributed by atoms with Gasteiger partial charge in [-0.05, 0) is 18.9 Å². The van der Waals surface area contributed by atoms with Gasteiger partial charge in [0, 0.05) is 5.57 Å². The average molecular weight is 193 g/mol. The first-order chi connectivity index (χ1) is 6.72. The standard InChI is InChI=1S/C12H19NO/c1-3-5-7-9-11(12(13)14)10-8-6-4-2/h5,7-10H,3-4,6H2,1-2H3,(H2,13,14). The monoisotopic (exact) mass is 193 g/mol. The minimum atomic E-state index is -0.377. The lowest BCUT2D eigenvalue weighted by Gasteiger charge is -1.93. The van der Waals surface area contributed by atoms with Crippen molar-refractivity contribution < 1.29 is 4.79 Å². The predicted octanol–water partition coefficient (Wildman–Crippen LogP) is 2.72. The molecule has 0 unspecified atom stereocenters. The van der Waals surface area contributed by atoms with Crippen LogP contribution in [-0.4, -0.2) is 5.91 Å². The first kappa shape index (κ1) is 12.7. The molecule has 0 fully saturated rings. The molecule has 2 heteroatoms. The second-order valence-corrected chi connectivity index (χ2v) is 3.01. The molecule has 0 aromatic heterocycles. The van der Waals surface area contributed by atoms with E-state index in [4.69, 9.17) is 5.73 Å². The highest BCUT2D eigenvalue weighted by molar-refractivity contribution is 5.95. The summed E-state index contributed by atoms with van der Waals surface area (Å²) in [4.78, 5) is 11.0. The smallest absolute Gasteiger partial charge is 0.248 e. The van der Waals surface area contributed by atoms with Gasteiger partial charge in [-0.3, -0.25) is 4.79 Å². The van der Waals surface area contributed by atoms with Gasteiger partial charge in [0.15, 0.2) is 0 Å². The van der Waals surface area contributed by atoms with Crippen molar-refractivity contribution >= 4 is 5.91 Å². The number of carbonyl (C=O) groups is 1. The van der Waals surface area contributed by atoms with Gasteiger partial charge in [-0.15, -0.1) is 0 Å². The van der Waals surface area contributed by atoms with E-state index >= 15 is 0 Å². The number of carbonyl (C=O) groups excluding carboxylic acids is 1. The van der Waals surface area contributed by atoms with E-state index in [1.165, 1.54) is 0 Å². The topological polar surface area (TPSA) is 43.1 Å². The Balaban J connectivity index is 4.36. The van der Waals surface area contributed by atoms with Gasteiger partial charge < -0.3 is 5.73 Å². The summed E-state index contributed by atoms with van der Waals surface area (Å²) in [6.45, 7) is 4.14. The van der Waals surface area contributed by atoms with Crippen molar-refractivity contribution in [3.63, 3.8) is 0 Å². The molecule has 1 amide bonds. The molecule has 0 spiro atoms. The van der Waals surface area contributed by atoms with Crippen molar-refractivity contribution in [2.24, 2.45) is 5.73 Å². The van der Waals surface area contributed by atoms with Crippen LogP contribution in [0.15, 0.2) is 36.0 Å². The summed E-state index contributed by atoms with van der Waals surface area (Å²) in [5.74, 6) is -0.377. The van der Waals surface area contributed by atoms with E-state index < -0.39 is 0 Å². The second kappa shape index (κ2) is 8.30. The Morgan fingerprint density at radius 3 is 2.50 bits per heavy atom. The number of hydrogen-bond acceptors (Lipinski definition) is 1. The lowest BCUT2D eigenvalue weighted by Crippen LogP contribution is -2.12. The highest BCUT2D eigenvalue weighted by Crippen LogP contribution is 1.99. The summed E-state index contributed by atoms with van der Waals surface area (Å²) in [6.07, 6.45) is 12.4. The molecule has 0 saturated carbocycles. The molecule has 0 saturated heterocycles. The molecular formula is C12H19NO. The number of primary amides is 1. The van der Waals surface area contributed by atoms with Crippen molar-refractivity contribution in [2.75, 3.05) is 0 Å². The SMILES string of the molecule is CCC=CC=C(C=CCCC)C(N)=O. The van der Waals surface area contributed by atoms with Gasteiger partial charge in [-0.1, -0.05) is 44.6 Å². The Labute approximate surface area is 86.2 Å². The van der Waals surface area contributed by atoms with Gasteiger partial charge in [0.1, 0.15) is 0 Å². The highest BCUT2D eigenvalue weighted by Gasteiger charge is 1.96. The molecule has 0 heterocycles. The van der Waals surface area contributed by atoms with Crippen LogP contribution in [0.3, 0.4) is 0 Å². The van der Waals surface area contributed by atoms with E-state index in [9.17, 15) is 4.79 Å². The molecule has 0 aliphatic heterocycles. The third kappa shape index (κ3) is 6.23. The van der Waals surface area contributed by atoms with E-state index in [1.807, 2.05) is 25.2 Å². The zero-order valence-electron chi connectivity index (χ0n) is 8.99. The first-order valence-corrected chi connectivity index (χ1v) is 5.05. The van der Waals surface area contributed by atoms with Gasteiger partial charge in [0.25, 0.3) is 0 Å². The van der Waals surface area contributed by atoms with Crippen molar-refractivity contribution in [1.29, 1.82) is 0 Å². The molecule has 0 atom stereocenters. The van der Waals surface area contributed by atoms with Crippen LogP contribution in [0.25, 0.3) is 0 Å². The van der Waals surface area contributed by atoms with E-state index in [-0.39, 0.29) is 5.91 Å². The molecule has 0 rings (SSSR count). The number of rotatable bonds is 6. The summed E-state index contributed by atoms with van der Waals surface area (Å²) in [6, 6.07) is 0. The van der Waals surface area contributed by atoms with Crippen LogP contribution in [0.5, 0.6) is 0 Å². The van der Waals surface area contributed by atoms with Crippen LogP contribution >= 0.6 is 0 Å². The normalized spacial score (nSPS) is 12.9. The van der Waals surface area contributed by atoms with Gasteiger partial charge in [-0.25, -0.2) is 0 Å². The van der Waals surface area contributed by atoms with Gasteiger partial charge in [0.05, 0.1) is 0 Å². The summed E-state index contributed by atoms with van der Waals surface area (Å²) in [5.41, 5.74) is 5.77. The summed E-state index contributed by atoms with van der Waals surface area (Å²) in [5, 5.41) is 0. The average Bonchev–Trinajstić information content (AvgIpc) is 2.15. The summed E-state index contributed by atoms with van der Waals surface area (Å²) < 4.78 is 0. The zero-order valence-corrected chi connectivity index (χ0v) is 8.99. The van der Waals surface area contributed by atoms with Crippen molar-refractivity contribution in [1.82, 2.24) is 0 Å². The zero-order chi connectivity index (χ0) is 10.8. The van der Waals surface area contributed by atoms with Crippen LogP contribution in [0.1, 0.15) is 33.1 Å². The van der Waals surface area contributed by atoms with Crippen LogP contribution in [0.2, 0.25) is 0 Å². The largest absolute Gasteiger partial charge is 0.366 e. The van der Waals surface area contributed by atoms with Gasteiger partial charge >= 0.3 is 0 Å². The molecule has 0 bridgehead atoms. The first-order valence-electron chi connectivity index (χ1n) is 5.05. The van der Waals surface area contributed by atoms with Crippen molar-refractivity contribution in [3.8, 4) is 0 Å². The maximum atomic E-state index is 11.0. The Morgan fingerprint density at radius 1 is 1.29 bits per heavy atom. The minimum Gasteiger partial charge on any atom is -0.366 e. The highest BCUT2D eigenvalue weighted by atomic mass is 16.1. The molecule has 0 aromatic carbocycles. The number of hydrogen-bond donors (Lipinski definition) is 1.